The zero-order valence-corrected chi connectivity index (χ0v) is 24.4. The van der Waals surface area contributed by atoms with Gasteiger partial charge in [-0.3, -0.25) is 14.9 Å². The molecule has 0 fully saturated rings. The summed E-state index contributed by atoms with van der Waals surface area (Å²) in [5.41, 5.74) is 2.56. The van der Waals surface area contributed by atoms with Crippen LogP contribution in [0.1, 0.15) is 28.4 Å². The molecule has 5 rings (SSSR count). The van der Waals surface area contributed by atoms with Gasteiger partial charge in [-0.05, 0) is 30.5 Å². The van der Waals surface area contributed by atoms with Crippen molar-refractivity contribution in [1.29, 1.82) is 0 Å². The molecule has 0 radical (unpaired) electrons. The summed E-state index contributed by atoms with van der Waals surface area (Å²) < 4.78 is 2.47. The summed E-state index contributed by atoms with van der Waals surface area (Å²) in [5, 5.41) is 33.0. The Labute approximate surface area is 246 Å². The van der Waals surface area contributed by atoms with Crippen molar-refractivity contribution in [3.63, 3.8) is 0 Å². The maximum absolute atomic E-state index is 12.5. The highest BCUT2D eigenvalue weighted by Gasteiger charge is 2.12. The Morgan fingerprint density at radius 1 is 0.775 bits per heavy atom. The standard InChI is InChI=1S/C26H24BrN9O2S2/c27-19-12-10-18(11-13-19)20-15-36(35-30-20)16-22(38)29-26-34-32-24(40-26)9-5-4-8-23-31-33-25(39-23)28-21(37)14-17-6-2-1-3-7-17/h1-3,6-7,10-13,15H,4-5,8-9,14,16H2,(H,28,33,37)(H,29,34,38). The van der Waals surface area contributed by atoms with E-state index in [0.29, 0.717) is 22.4 Å². The van der Waals surface area contributed by atoms with Crippen LogP contribution in [0.25, 0.3) is 11.3 Å². The lowest BCUT2D eigenvalue weighted by Crippen LogP contribution is -2.19. The van der Waals surface area contributed by atoms with Gasteiger partial charge in [0.1, 0.15) is 22.3 Å². The molecule has 204 valence electrons. The maximum Gasteiger partial charge on any atom is 0.247 e. The number of carbonyl (C=O) groups is 2. The van der Waals surface area contributed by atoms with Crippen molar-refractivity contribution < 1.29 is 9.59 Å². The molecule has 0 spiro atoms. The number of unbranched alkanes of at least 4 members (excludes halogenated alkanes) is 1. The zero-order chi connectivity index (χ0) is 27.7. The Bertz CT molecular complexity index is 1570. The van der Waals surface area contributed by atoms with E-state index in [-0.39, 0.29) is 18.4 Å². The number of hydrogen-bond acceptors (Lipinski definition) is 10. The smallest absolute Gasteiger partial charge is 0.247 e. The third-order valence-corrected chi connectivity index (χ3v) is 7.98. The largest absolute Gasteiger partial charge is 0.300 e. The average Bonchev–Trinajstić information content (AvgIpc) is 3.70. The molecule has 0 aliphatic carbocycles. The van der Waals surface area contributed by atoms with Crippen LogP contribution in [0.3, 0.4) is 0 Å². The lowest BCUT2D eigenvalue weighted by molar-refractivity contribution is -0.117. The van der Waals surface area contributed by atoms with Gasteiger partial charge in [0.05, 0.1) is 12.6 Å². The van der Waals surface area contributed by atoms with E-state index in [1.54, 1.807) is 6.20 Å². The predicted octanol–water partition coefficient (Wildman–Crippen LogP) is 4.80. The van der Waals surface area contributed by atoms with Crippen molar-refractivity contribution in [3.05, 3.63) is 80.8 Å². The second-order valence-corrected chi connectivity index (χ2v) is 11.8. The fourth-order valence-electron chi connectivity index (χ4n) is 3.74. The van der Waals surface area contributed by atoms with Gasteiger partial charge in [0.2, 0.25) is 22.1 Å². The zero-order valence-electron chi connectivity index (χ0n) is 21.2. The lowest BCUT2D eigenvalue weighted by atomic mass is 10.1. The van der Waals surface area contributed by atoms with Crippen LogP contribution in [0.15, 0.2) is 65.3 Å². The quantitative estimate of drug-likeness (QED) is 0.186. The van der Waals surface area contributed by atoms with Crippen LogP contribution in [0.2, 0.25) is 0 Å². The molecule has 40 heavy (non-hydrogen) atoms. The van der Waals surface area contributed by atoms with Crippen molar-refractivity contribution in [1.82, 2.24) is 35.4 Å². The van der Waals surface area contributed by atoms with Crippen LogP contribution >= 0.6 is 38.6 Å². The van der Waals surface area contributed by atoms with Gasteiger partial charge < -0.3 is 5.32 Å². The summed E-state index contributed by atoms with van der Waals surface area (Å²) >= 11 is 6.16. The van der Waals surface area contributed by atoms with Crippen LogP contribution in [-0.4, -0.2) is 47.2 Å². The summed E-state index contributed by atoms with van der Waals surface area (Å²) in [5.74, 6) is -0.363. The highest BCUT2D eigenvalue weighted by Crippen LogP contribution is 2.21. The number of hydrogen-bond donors (Lipinski definition) is 2. The van der Waals surface area contributed by atoms with E-state index in [0.717, 1.165) is 51.3 Å². The van der Waals surface area contributed by atoms with Crippen LogP contribution in [0, 0.1) is 0 Å². The second-order valence-electron chi connectivity index (χ2n) is 8.78. The van der Waals surface area contributed by atoms with Gasteiger partial charge in [-0.15, -0.1) is 25.5 Å². The molecule has 5 aromatic rings. The van der Waals surface area contributed by atoms with Gasteiger partial charge >= 0.3 is 0 Å². The van der Waals surface area contributed by atoms with Crippen LogP contribution in [-0.2, 0) is 35.4 Å². The molecule has 2 amide bonds. The summed E-state index contributed by atoms with van der Waals surface area (Å²) in [7, 11) is 0. The molecule has 2 N–H and O–H groups in total. The van der Waals surface area contributed by atoms with Crippen molar-refractivity contribution in [2.45, 2.75) is 38.6 Å². The lowest BCUT2D eigenvalue weighted by Gasteiger charge is -2.00. The van der Waals surface area contributed by atoms with Gasteiger partial charge in [0, 0.05) is 22.9 Å². The summed E-state index contributed by atoms with van der Waals surface area (Å²) in [6, 6.07) is 17.3. The normalized spacial score (nSPS) is 10.9. The average molecular weight is 639 g/mol. The predicted molar refractivity (Wildman–Crippen MR) is 157 cm³/mol. The summed E-state index contributed by atoms with van der Waals surface area (Å²) in [6.07, 6.45) is 5.31. The number of rotatable bonds is 12. The third-order valence-electron chi connectivity index (χ3n) is 5.65. The number of aromatic nitrogens is 7. The van der Waals surface area contributed by atoms with Gasteiger partial charge in [-0.1, -0.05) is 86.3 Å². The summed E-state index contributed by atoms with van der Waals surface area (Å²) in [4.78, 5) is 24.7. The molecule has 11 nitrogen and oxygen atoms in total. The van der Waals surface area contributed by atoms with E-state index in [2.05, 4.69) is 57.3 Å². The van der Waals surface area contributed by atoms with E-state index in [4.69, 9.17) is 0 Å². The molecule has 14 heteroatoms. The van der Waals surface area contributed by atoms with E-state index in [1.165, 1.54) is 27.4 Å². The highest BCUT2D eigenvalue weighted by atomic mass is 79.9. The fraction of sp³-hybridized carbons (Fsp3) is 0.231. The monoisotopic (exact) mass is 637 g/mol. The van der Waals surface area contributed by atoms with Gasteiger partial charge in [-0.2, -0.15) is 0 Å². The first-order chi connectivity index (χ1) is 19.5. The molecule has 0 aliphatic rings. The van der Waals surface area contributed by atoms with Crippen molar-refractivity contribution in [2.24, 2.45) is 0 Å². The number of aryl methyl sites for hydroxylation is 2. The van der Waals surface area contributed by atoms with Crippen molar-refractivity contribution in [3.8, 4) is 11.3 Å². The Balaban J connectivity index is 1.01. The highest BCUT2D eigenvalue weighted by molar-refractivity contribution is 9.10. The van der Waals surface area contributed by atoms with Crippen molar-refractivity contribution in [2.75, 3.05) is 10.6 Å². The topological polar surface area (TPSA) is 140 Å². The van der Waals surface area contributed by atoms with Gasteiger partial charge in [-0.25, -0.2) is 4.68 Å². The summed E-state index contributed by atoms with van der Waals surface area (Å²) in [6.45, 7) is 0.0228. The number of carbonyl (C=O) groups excluding carboxylic acids is 2. The maximum atomic E-state index is 12.5. The molecule has 0 saturated carbocycles. The minimum atomic E-state index is -0.252. The first-order valence-electron chi connectivity index (χ1n) is 12.4. The Morgan fingerprint density at radius 3 is 2.05 bits per heavy atom. The Kier molecular flexibility index (Phi) is 9.31. The van der Waals surface area contributed by atoms with Crippen LogP contribution in [0.4, 0.5) is 10.3 Å². The van der Waals surface area contributed by atoms with Gasteiger partial charge in [0.25, 0.3) is 0 Å². The van der Waals surface area contributed by atoms with E-state index in [9.17, 15) is 9.59 Å². The van der Waals surface area contributed by atoms with Crippen LogP contribution < -0.4 is 10.6 Å². The number of nitrogens with one attached hydrogen (secondary N) is 2. The molecule has 3 aromatic heterocycles. The number of halogens is 1. The Hall–Kier alpha value is -3.88. The number of amides is 2. The SMILES string of the molecule is O=C(Cc1ccccc1)Nc1nnc(CCCCc2nnc(NC(=O)Cn3cc(-c4ccc(Br)cc4)nn3)s2)s1. The number of anilines is 2. The van der Waals surface area contributed by atoms with E-state index >= 15 is 0 Å². The molecule has 2 aromatic carbocycles. The minimum absolute atomic E-state index is 0.0228. The fourth-order valence-corrected chi connectivity index (χ4v) is 5.60. The molecule has 3 heterocycles. The minimum Gasteiger partial charge on any atom is -0.300 e. The van der Waals surface area contributed by atoms with E-state index in [1.807, 2.05) is 54.6 Å². The molecule has 0 aliphatic heterocycles. The number of benzene rings is 2. The molecule has 0 atom stereocenters. The Morgan fingerprint density at radius 2 is 1.40 bits per heavy atom. The molecular formula is C26H24BrN9O2S2. The third kappa shape index (κ3) is 8.07. The molecule has 0 saturated heterocycles. The van der Waals surface area contributed by atoms with E-state index < -0.39 is 0 Å². The molecule has 0 bridgehead atoms. The first kappa shape index (κ1) is 27.7. The number of nitrogens with zero attached hydrogens (tertiary/aromatic N) is 7. The molecular weight excluding hydrogens is 614 g/mol. The van der Waals surface area contributed by atoms with Gasteiger partial charge in [0.15, 0.2) is 0 Å². The first-order valence-corrected chi connectivity index (χ1v) is 14.9. The van der Waals surface area contributed by atoms with Crippen LogP contribution in [0.5, 0.6) is 0 Å². The van der Waals surface area contributed by atoms with Crippen molar-refractivity contribution >= 4 is 60.7 Å². The second kappa shape index (κ2) is 13.5. The molecule has 0 unspecified atom stereocenters.